The van der Waals surface area contributed by atoms with E-state index >= 15 is 0 Å². The van der Waals surface area contributed by atoms with E-state index in [1.54, 1.807) is 17.0 Å². The highest BCUT2D eigenvalue weighted by molar-refractivity contribution is 6.00. The molecule has 7 rings (SSSR count). The number of nitrogens with one attached hydrogen (secondary N) is 1. The maximum Gasteiger partial charge on any atom is 0.208 e. The first-order valence-electron chi connectivity index (χ1n) is 14.9. The quantitative estimate of drug-likeness (QED) is 0.290. The van der Waals surface area contributed by atoms with Crippen LogP contribution in [0.4, 0.5) is 21.8 Å². The average molecular weight is 568 g/mol. The van der Waals surface area contributed by atoms with Crippen LogP contribution in [0.5, 0.6) is 0 Å². The van der Waals surface area contributed by atoms with Gasteiger partial charge >= 0.3 is 0 Å². The van der Waals surface area contributed by atoms with Crippen LogP contribution in [0.2, 0.25) is 0 Å². The molecule has 2 aromatic carbocycles. The number of piperazine rings is 1. The van der Waals surface area contributed by atoms with E-state index in [-0.39, 0.29) is 5.82 Å². The van der Waals surface area contributed by atoms with Crippen LogP contribution in [0, 0.1) is 12.7 Å². The van der Waals surface area contributed by atoms with Gasteiger partial charge in [0.15, 0.2) is 0 Å². The first kappa shape index (κ1) is 26.9. The van der Waals surface area contributed by atoms with Crippen LogP contribution in [0.15, 0.2) is 48.9 Å². The zero-order chi connectivity index (χ0) is 29.0. The van der Waals surface area contributed by atoms with Crippen LogP contribution in [0.1, 0.15) is 37.3 Å². The van der Waals surface area contributed by atoms with E-state index in [1.807, 2.05) is 26.1 Å². The lowest BCUT2D eigenvalue weighted by molar-refractivity contribution is 0.0828. The molecule has 2 aliphatic rings. The van der Waals surface area contributed by atoms with Crippen molar-refractivity contribution < 1.29 is 4.39 Å². The van der Waals surface area contributed by atoms with Gasteiger partial charge in [0.25, 0.3) is 0 Å². The van der Waals surface area contributed by atoms with Gasteiger partial charge in [-0.15, -0.1) is 0 Å². The lowest BCUT2D eigenvalue weighted by atomic mass is 9.89. The summed E-state index contributed by atoms with van der Waals surface area (Å²) in [6, 6.07) is 12.5. The Morgan fingerprint density at radius 3 is 2.33 bits per heavy atom. The zero-order valence-electron chi connectivity index (χ0n) is 24.5. The van der Waals surface area contributed by atoms with Gasteiger partial charge in [0.2, 0.25) is 5.95 Å². The van der Waals surface area contributed by atoms with Gasteiger partial charge in [-0.1, -0.05) is 18.2 Å². The minimum atomic E-state index is -0.280. The van der Waals surface area contributed by atoms with Crippen LogP contribution < -0.4 is 11.1 Å². The van der Waals surface area contributed by atoms with E-state index in [0.717, 1.165) is 59.3 Å². The Morgan fingerprint density at radius 1 is 0.905 bits per heavy atom. The van der Waals surface area contributed by atoms with E-state index in [9.17, 15) is 4.39 Å². The number of likely N-dealkylation sites (N-methyl/N-ethyl adjacent to an activating group) is 1. The highest BCUT2D eigenvalue weighted by Gasteiger charge is 2.30. The molecule has 218 valence electrons. The molecule has 10 heteroatoms. The summed E-state index contributed by atoms with van der Waals surface area (Å²) in [5.41, 5.74) is 12.4. The lowest BCUT2D eigenvalue weighted by Crippen LogP contribution is -2.49. The fourth-order valence-corrected chi connectivity index (χ4v) is 6.87. The largest absolute Gasteiger partial charge is 0.383 e. The van der Waals surface area contributed by atoms with E-state index in [4.69, 9.17) is 10.7 Å². The molecule has 0 radical (unpaired) electrons. The van der Waals surface area contributed by atoms with Crippen LogP contribution in [0.25, 0.3) is 33.2 Å². The molecule has 5 aromatic rings. The summed E-state index contributed by atoms with van der Waals surface area (Å²) in [6.45, 7) is 6.60. The van der Waals surface area contributed by atoms with E-state index in [1.165, 1.54) is 32.0 Å². The zero-order valence-corrected chi connectivity index (χ0v) is 24.5. The Kier molecular flexibility index (Phi) is 6.82. The Labute approximate surface area is 245 Å². The third-order valence-electron chi connectivity index (χ3n) is 9.38. The molecule has 1 aliphatic heterocycles. The number of aromatic nitrogens is 5. The van der Waals surface area contributed by atoms with Gasteiger partial charge in [0.1, 0.15) is 29.1 Å². The predicted molar refractivity (Wildman–Crippen MR) is 166 cm³/mol. The molecule has 0 spiro atoms. The third kappa shape index (κ3) is 4.68. The van der Waals surface area contributed by atoms with Crippen molar-refractivity contribution in [3.8, 4) is 11.1 Å². The Bertz CT molecular complexity index is 1740. The number of nitrogens with zero attached hydrogens (tertiary/aromatic N) is 7. The summed E-state index contributed by atoms with van der Waals surface area (Å²) < 4.78 is 18.6. The summed E-state index contributed by atoms with van der Waals surface area (Å²) in [5.74, 6) is 0.810. The molecular weight excluding hydrogens is 529 g/mol. The SMILES string of the molecule is Cc1ccc(F)c2c1nc(Nc1ccc(-c3cn([C@H]4CC[C@@H](N5CCN(C)CC5)CC4)c4ncnc(N)c34)cc1)n2C. The number of hydrogen-bond acceptors (Lipinski definition) is 7. The molecular formula is C32H38FN9. The van der Waals surface area contributed by atoms with Crippen LogP contribution in [0.3, 0.4) is 0 Å². The minimum absolute atomic E-state index is 0.280. The standard InChI is InChI=1S/C32H38FN9/c1-20-4-13-26(33)29-28(20)38-32(40(29)3)37-22-7-5-21(6-8-22)25-18-42(31-27(25)30(34)35-19-36-31)24-11-9-23(10-12-24)41-16-14-39(2)15-17-41/h4-8,13,18-19,23-24H,9-12,14-17H2,1-3H3,(H,37,38)(H2,34,35,36)/t23-,24+. The number of halogens is 1. The highest BCUT2D eigenvalue weighted by atomic mass is 19.1. The van der Waals surface area contributed by atoms with E-state index in [0.29, 0.717) is 34.9 Å². The fraction of sp³-hybridized carbons (Fsp3) is 0.406. The Morgan fingerprint density at radius 2 is 1.62 bits per heavy atom. The normalized spacial score (nSPS) is 20.5. The summed E-state index contributed by atoms with van der Waals surface area (Å²) in [5, 5.41) is 4.26. The number of nitrogens with two attached hydrogens (primary N) is 1. The van der Waals surface area contributed by atoms with Gasteiger partial charge in [-0.3, -0.25) is 4.90 Å². The number of fused-ring (bicyclic) bond motifs is 2. The molecule has 9 nitrogen and oxygen atoms in total. The fourth-order valence-electron chi connectivity index (χ4n) is 6.87. The van der Waals surface area contributed by atoms with Gasteiger partial charge in [0.05, 0.1) is 10.9 Å². The molecule has 0 amide bonds. The molecule has 0 atom stereocenters. The average Bonchev–Trinajstić information content (AvgIpc) is 3.56. The van der Waals surface area contributed by atoms with Gasteiger partial charge in [-0.05, 0) is 69.0 Å². The number of hydrogen-bond donors (Lipinski definition) is 2. The maximum atomic E-state index is 14.5. The molecule has 3 aromatic heterocycles. The molecule has 3 N–H and O–H groups in total. The first-order valence-corrected chi connectivity index (χ1v) is 14.9. The third-order valence-corrected chi connectivity index (χ3v) is 9.38. The number of nitrogen functional groups attached to an aromatic ring is 1. The van der Waals surface area contributed by atoms with Crippen molar-refractivity contribution in [1.29, 1.82) is 0 Å². The number of aryl methyl sites for hydroxylation is 2. The van der Waals surface area contributed by atoms with Crippen molar-refractivity contribution in [1.82, 2.24) is 33.9 Å². The number of anilines is 3. The van der Waals surface area contributed by atoms with Crippen molar-refractivity contribution in [3.05, 3.63) is 60.3 Å². The monoisotopic (exact) mass is 567 g/mol. The molecule has 0 bridgehead atoms. The van der Waals surface area contributed by atoms with Gasteiger partial charge in [0, 0.05) is 62.8 Å². The number of imidazole rings is 1. The first-order chi connectivity index (χ1) is 20.4. The Balaban J connectivity index is 1.14. The topological polar surface area (TPSA) is 93.1 Å². The highest BCUT2D eigenvalue weighted by Crippen LogP contribution is 2.39. The molecule has 4 heterocycles. The molecule has 0 unspecified atom stereocenters. The molecule has 1 aliphatic carbocycles. The minimum Gasteiger partial charge on any atom is -0.383 e. The maximum absolute atomic E-state index is 14.5. The predicted octanol–water partition coefficient (Wildman–Crippen LogP) is 5.49. The number of rotatable bonds is 5. The summed E-state index contributed by atoms with van der Waals surface area (Å²) in [6.07, 6.45) is 8.46. The number of benzene rings is 2. The van der Waals surface area contributed by atoms with Crippen LogP contribution in [-0.4, -0.2) is 73.2 Å². The molecule has 2 fully saturated rings. The second-order valence-electron chi connectivity index (χ2n) is 12.0. The summed E-state index contributed by atoms with van der Waals surface area (Å²) in [7, 11) is 4.04. The smallest absolute Gasteiger partial charge is 0.208 e. The summed E-state index contributed by atoms with van der Waals surface area (Å²) in [4.78, 5) is 18.8. The molecule has 1 saturated carbocycles. The van der Waals surface area contributed by atoms with Crippen molar-refractivity contribution in [2.45, 2.75) is 44.7 Å². The second-order valence-corrected chi connectivity index (χ2v) is 12.0. The second kappa shape index (κ2) is 10.7. The van der Waals surface area contributed by atoms with Crippen molar-refractivity contribution >= 4 is 39.5 Å². The van der Waals surface area contributed by atoms with Gasteiger partial charge in [-0.25, -0.2) is 19.3 Å². The molecule has 1 saturated heterocycles. The van der Waals surface area contributed by atoms with Crippen LogP contribution in [-0.2, 0) is 7.05 Å². The van der Waals surface area contributed by atoms with Crippen molar-refractivity contribution in [2.24, 2.45) is 7.05 Å². The van der Waals surface area contributed by atoms with Crippen molar-refractivity contribution in [3.63, 3.8) is 0 Å². The summed E-state index contributed by atoms with van der Waals surface area (Å²) >= 11 is 0. The van der Waals surface area contributed by atoms with E-state index in [2.05, 4.69) is 55.0 Å². The Hall–Kier alpha value is -4.02. The van der Waals surface area contributed by atoms with Gasteiger partial charge < -0.3 is 25.1 Å². The van der Waals surface area contributed by atoms with E-state index < -0.39 is 0 Å². The van der Waals surface area contributed by atoms with Crippen molar-refractivity contribution in [2.75, 3.05) is 44.3 Å². The van der Waals surface area contributed by atoms with Gasteiger partial charge in [-0.2, -0.15) is 0 Å². The van der Waals surface area contributed by atoms with Crippen LogP contribution >= 0.6 is 0 Å². The molecule has 42 heavy (non-hydrogen) atoms. The lowest BCUT2D eigenvalue weighted by Gasteiger charge is -2.41.